The smallest absolute Gasteiger partial charge is 0.158 e. The number of ether oxygens (including phenoxy) is 4. The molecule has 5 heteroatoms. The van der Waals surface area contributed by atoms with Crippen LogP contribution in [0.1, 0.15) is 18.9 Å². The van der Waals surface area contributed by atoms with Crippen LogP contribution in [0.2, 0.25) is 0 Å². The first-order valence-electron chi connectivity index (χ1n) is 10.3. The van der Waals surface area contributed by atoms with Gasteiger partial charge in [-0.2, -0.15) is 0 Å². The molecule has 0 aliphatic rings. The van der Waals surface area contributed by atoms with Gasteiger partial charge in [0.25, 0.3) is 0 Å². The van der Waals surface area contributed by atoms with E-state index in [0.717, 1.165) is 35.0 Å². The molecule has 0 heterocycles. The van der Waals surface area contributed by atoms with Crippen LogP contribution in [0, 0.1) is 0 Å². The summed E-state index contributed by atoms with van der Waals surface area (Å²) in [6.07, 6.45) is 0.928. The van der Waals surface area contributed by atoms with Gasteiger partial charge in [0, 0.05) is 20.0 Å². The van der Waals surface area contributed by atoms with Gasteiger partial charge in [0.2, 0.25) is 0 Å². The number of carbonyl (C=O) groups is 1. The van der Waals surface area contributed by atoms with Gasteiger partial charge < -0.3 is 18.9 Å². The third-order valence-electron chi connectivity index (χ3n) is 4.71. The summed E-state index contributed by atoms with van der Waals surface area (Å²) in [5.41, 5.74) is 1.04. The molecule has 0 radical (unpaired) electrons. The van der Waals surface area contributed by atoms with Crippen molar-refractivity contribution in [2.75, 3.05) is 20.3 Å². The third kappa shape index (κ3) is 7.46. The van der Waals surface area contributed by atoms with E-state index in [1.54, 1.807) is 14.0 Å². The maximum Gasteiger partial charge on any atom is 0.158 e. The highest BCUT2D eigenvalue weighted by molar-refractivity contribution is 5.80. The molecule has 0 saturated carbocycles. The maximum absolute atomic E-state index is 11.5. The lowest BCUT2D eigenvalue weighted by atomic mass is 10.1. The zero-order valence-electron chi connectivity index (χ0n) is 18.0. The Bertz CT molecular complexity index is 920. The van der Waals surface area contributed by atoms with Crippen molar-refractivity contribution in [3.63, 3.8) is 0 Å². The number of hydrogen-bond acceptors (Lipinski definition) is 5. The second kappa shape index (κ2) is 11.8. The van der Waals surface area contributed by atoms with Gasteiger partial charge in [0.1, 0.15) is 29.1 Å². The lowest BCUT2D eigenvalue weighted by Crippen LogP contribution is -2.22. The number of hydrogen-bond donors (Lipinski definition) is 0. The van der Waals surface area contributed by atoms with Crippen LogP contribution in [0.5, 0.6) is 23.0 Å². The summed E-state index contributed by atoms with van der Waals surface area (Å²) in [6.45, 7) is 2.66. The summed E-state index contributed by atoms with van der Waals surface area (Å²) in [4.78, 5) is 11.5. The van der Waals surface area contributed by atoms with Gasteiger partial charge in [-0.25, -0.2) is 0 Å². The maximum atomic E-state index is 11.5. The van der Waals surface area contributed by atoms with Gasteiger partial charge in [-0.1, -0.05) is 30.3 Å². The molecule has 0 fully saturated rings. The third-order valence-corrected chi connectivity index (χ3v) is 4.71. The van der Waals surface area contributed by atoms with Crippen LogP contribution >= 0.6 is 0 Å². The molecule has 3 aromatic carbocycles. The number of methoxy groups -OCH3 is 1. The minimum absolute atomic E-state index is 0.0289. The van der Waals surface area contributed by atoms with Gasteiger partial charge in [0.15, 0.2) is 5.78 Å². The Hall–Kier alpha value is -3.31. The fourth-order valence-electron chi connectivity index (χ4n) is 3.00. The standard InChI is InChI=1S/C26H28O5/c1-20(27)26(28-2)19-21-9-11-22(12-10-21)29-17-6-18-30-23-13-15-25(16-14-23)31-24-7-4-3-5-8-24/h3-5,7-16,26H,6,17-19H2,1-2H3/t26-/m0/s1. The predicted octanol–water partition coefficient (Wildman–Crippen LogP) is 5.47. The minimum Gasteiger partial charge on any atom is -0.493 e. The van der Waals surface area contributed by atoms with Crippen molar-refractivity contribution in [1.82, 2.24) is 0 Å². The molecule has 3 aromatic rings. The molecule has 0 saturated heterocycles. The Labute approximate surface area is 183 Å². The minimum atomic E-state index is -0.400. The topological polar surface area (TPSA) is 54.0 Å². The second-order valence-corrected chi connectivity index (χ2v) is 7.12. The number of carbonyl (C=O) groups excluding carboxylic acids is 1. The SMILES string of the molecule is CO[C@@H](Cc1ccc(OCCCOc2ccc(Oc3ccccc3)cc2)cc1)C(C)=O. The van der Waals surface area contributed by atoms with Crippen molar-refractivity contribution in [3.8, 4) is 23.0 Å². The lowest BCUT2D eigenvalue weighted by molar-refractivity contribution is -0.126. The molecule has 162 valence electrons. The van der Waals surface area contributed by atoms with Crippen molar-refractivity contribution in [1.29, 1.82) is 0 Å². The number of ketones is 1. The number of Topliss-reactive ketones (excluding diaryl/α,β-unsaturated/α-hetero) is 1. The quantitative estimate of drug-likeness (QED) is 0.364. The van der Waals surface area contributed by atoms with Gasteiger partial charge in [0.05, 0.1) is 13.2 Å². The van der Waals surface area contributed by atoms with E-state index in [0.29, 0.717) is 19.6 Å². The van der Waals surface area contributed by atoms with Crippen molar-refractivity contribution in [3.05, 3.63) is 84.4 Å². The Kier molecular flexibility index (Phi) is 8.49. The van der Waals surface area contributed by atoms with Crippen LogP contribution in [0.4, 0.5) is 0 Å². The average molecular weight is 421 g/mol. The van der Waals surface area contributed by atoms with Crippen molar-refractivity contribution in [2.24, 2.45) is 0 Å². The zero-order chi connectivity index (χ0) is 21.9. The first-order chi connectivity index (χ1) is 15.1. The van der Waals surface area contributed by atoms with Gasteiger partial charge in [-0.05, 0) is 61.0 Å². The van der Waals surface area contributed by atoms with E-state index in [4.69, 9.17) is 18.9 Å². The molecule has 31 heavy (non-hydrogen) atoms. The molecule has 1 atom stereocenters. The van der Waals surface area contributed by atoms with E-state index in [9.17, 15) is 4.79 Å². The summed E-state index contributed by atoms with van der Waals surface area (Å²) in [5, 5.41) is 0. The molecule has 0 bridgehead atoms. The normalized spacial score (nSPS) is 11.5. The largest absolute Gasteiger partial charge is 0.493 e. The first-order valence-corrected chi connectivity index (χ1v) is 10.3. The van der Waals surface area contributed by atoms with E-state index in [2.05, 4.69) is 0 Å². The van der Waals surface area contributed by atoms with E-state index in [1.165, 1.54) is 0 Å². The monoisotopic (exact) mass is 420 g/mol. The highest BCUT2D eigenvalue weighted by Crippen LogP contribution is 2.23. The molecule has 0 unspecified atom stereocenters. The van der Waals surface area contributed by atoms with E-state index in [1.807, 2.05) is 78.9 Å². The molecule has 0 N–H and O–H groups in total. The van der Waals surface area contributed by atoms with Crippen LogP contribution in [0.3, 0.4) is 0 Å². The van der Waals surface area contributed by atoms with E-state index >= 15 is 0 Å². The van der Waals surface area contributed by atoms with Crippen LogP contribution in [-0.4, -0.2) is 32.2 Å². The van der Waals surface area contributed by atoms with Crippen LogP contribution < -0.4 is 14.2 Å². The fourth-order valence-corrected chi connectivity index (χ4v) is 3.00. The molecule has 0 aliphatic heterocycles. The number of para-hydroxylation sites is 1. The molecular weight excluding hydrogens is 392 g/mol. The predicted molar refractivity (Wildman–Crippen MR) is 120 cm³/mol. The summed E-state index contributed by atoms with van der Waals surface area (Å²) < 4.78 is 22.5. The van der Waals surface area contributed by atoms with Crippen molar-refractivity contribution < 1.29 is 23.7 Å². The van der Waals surface area contributed by atoms with Crippen molar-refractivity contribution in [2.45, 2.75) is 25.9 Å². The fraction of sp³-hybridized carbons (Fsp3) is 0.269. The molecule has 0 aromatic heterocycles. The summed E-state index contributed by atoms with van der Waals surface area (Å²) in [5.74, 6) is 3.19. The summed E-state index contributed by atoms with van der Waals surface area (Å²) in [7, 11) is 1.55. The molecule has 3 rings (SSSR count). The van der Waals surface area contributed by atoms with Gasteiger partial charge in [-0.3, -0.25) is 4.79 Å². The first kappa shape index (κ1) is 22.4. The average Bonchev–Trinajstić information content (AvgIpc) is 2.80. The molecule has 0 aliphatic carbocycles. The lowest BCUT2D eigenvalue weighted by Gasteiger charge is -2.12. The molecule has 0 spiro atoms. The zero-order valence-corrected chi connectivity index (χ0v) is 18.0. The number of rotatable bonds is 12. The molecule has 0 amide bonds. The highest BCUT2D eigenvalue weighted by Gasteiger charge is 2.13. The van der Waals surface area contributed by atoms with E-state index in [-0.39, 0.29) is 5.78 Å². The summed E-state index contributed by atoms with van der Waals surface area (Å²) in [6, 6.07) is 25.0. The van der Waals surface area contributed by atoms with E-state index < -0.39 is 6.10 Å². The molecule has 5 nitrogen and oxygen atoms in total. The van der Waals surface area contributed by atoms with Crippen LogP contribution in [0.15, 0.2) is 78.9 Å². The number of benzene rings is 3. The van der Waals surface area contributed by atoms with Crippen LogP contribution in [0.25, 0.3) is 0 Å². The highest BCUT2D eigenvalue weighted by atomic mass is 16.5. The Morgan fingerprint density at radius 2 is 1.26 bits per heavy atom. The molecular formula is C26H28O5. The Balaban J connectivity index is 1.35. The summed E-state index contributed by atoms with van der Waals surface area (Å²) >= 11 is 0. The van der Waals surface area contributed by atoms with Crippen LogP contribution in [-0.2, 0) is 16.0 Å². The van der Waals surface area contributed by atoms with Gasteiger partial charge >= 0.3 is 0 Å². The Morgan fingerprint density at radius 1 is 0.742 bits per heavy atom. The van der Waals surface area contributed by atoms with Gasteiger partial charge in [-0.15, -0.1) is 0 Å². The van der Waals surface area contributed by atoms with Crippen molar-refractivity contribution >= 4 is 5.78 Å². The second-order valence-electron chi connectivity index (χ2n) is 7.12. The Morgan fingerprint density at radius 3 is 1.81 bits per heavy atom.